The molecule has 1 aromatic carbocycles. The van der Waals surface area contributed by atoms with Crippen LogP contribution in [0.25, 0.3) is 0 Å². The molecule has 1 heterocycles. The summed E-state index contributed by atoms with van der Waals surface area (Å²) in [7, 11) is 0. The monoisotopic (exact) mass is 232 g/mol. The van der Waals surface area contributed by atoms with Gasteiger partial charge in [-0.2, -0.15) is 0 Å². The third-order valence-corrected chi connectivity index (χ3v) is 3.52. The van der Waals surface area contributed by atoms with Crippen molar-refractivity contribution in [1.82, 2.24) is 0 Å². The largest absolute Gasteiger partial charge is 0.373 e. The fourth-order valence-electron chi connectivity index (χ4n) is 2.35. The molecule has 0 aromatic heterocycles. The topological polar surface area (TPSA) is 12.5 Å². The summed E-state index contributed by atoms with van der Waals surface area (Å²) < 4.78 is 5.33. The van der Waals surface area contributed by atoms with Crippen LogP contribution in [0.2, 0.25) is 0 Å². The Kier molecular flexibility index (Phi) is 5.06. The van der Waals surface area contributed by atoms with Crippen molar-refractivity contribution in [3.8, 4) is 0 Å². The molecule has 0 amide bonds. The maximum atomic E-state index is 5.33. The first-order valence-corrected chi connectivity index (χ1v) is 7.08. The van der Waals surface area contributed by atoms with E-state index in [4.69, 9.17) is 4.74 Å². The van der Waals surface area contributed by atoms with Crippen molar-refractivity contribution < 1.29 is 4.74 Å². The molecular formula is C16H24O. The maximum absolute atomic E-state index is 5.33. The zero-order chi connectivity index (χ0) is 11.9. The second-order valence-electron chi connectivity index (χ2n) is 5.09. The standard InChI is InChI=1S/C16H24O/c1-2-3-4-5-6-9-14-10-7-8-11-15(14)12-16-13-17-16/h7-8,10-11,16H,2-6,9,12-13H2,1H3. The first kappa shape index (κ1) is 12.6. The Morgan fingerprint density at radius 2 is 1.76 bits per heavy atom. The Hall–Kier alpha value is -0.820. The number of rotatable bonds is 8. The van der Waals surface area contributed by atoms with Crippen LogP contribution in [0.5, 0.6) is 0 Å². The summed E-state index contributed by atoms with van der Waals surface area (Å²) in [5.41, 5.74) is 3.05. The Labute approximate surface area is 105 Å². The van der Waals surface area contributed by atoms with Gasteiger partial charge in [0.15, 0.2) is 0 Å². The van der Waals surface area contributed by atoms with Gasteiger partial charge in [-0.3, -0.25) is 0 Å². The Bertz CT molecular complexity index is 328. The van der Waals surface area contributed by atoms with Crippen LogP contribution < -0.4 is 0 Å². The van der Waals surface area contributed by atoms with E-state index in [9.17, 15) is 0 Å². The van der Waals surface area contributed by atoms with E-state index in [0.717, 1.165) is 13.0 Å². The lowest BCUT2D eigenvalue weighted by Crippen LogP contribution is -1.99. The molecule has 17 heavy (non-hydrogen) atoms. The molecule has 0 spiro atoms. The summed E-state index contributed by atoms with van der Waals surface area (Å²) in [6, 6.07) is 8.87. The van der Waals surface area contributed by atoms with Crippen LogP contribution >= 0.6 is 0 Å². The van der Waals surface area contributed by atoms with E-state index in [-0.39, 0.29) is 0 Å². The van der Waals surface area contributed by atoms with Gasteiger partial charge >= 0.3 is 0 Å². The summed E-state index contributed by atoms with van der Waals surface area (Å²) in [6.45, 7) is 3.23. The molecule has 0 saturated carbocycles. The van der Waals surface area contributed by atoms with Crippen molar-refractivity contribution in [3.63, 3.8) is 0 Å². The van der Waals surface area contributed by atoms with Gasteiger partial charge in [0.1, 0.15) is 0 Å². The number of unbranched alkanes of at least 4 members (excludes halogenated alkanes) is 4. The van der Waals surface area contributed by atoms with Crippen molar-refractivity contribution in [2.75, 3.05) is 6.61 Å². The molecule has 1 unspecified atom stereocenters. The van der Waals surface area contributed by atoms with Gasteiger partial charge in [-0.05, 0) is 24.0 Å². The molecule has 1 saturated heterocycles. The number of epoxide rings is 1. The molecule has 1 atom stereocenters. The second-order valence-corrected chi connectivity index (χ2v) is 5.09. The maximum Gasteiger partial charge on any atom is 0.0850 e. The minimum absolute atomic E-state index is 0.510. The first-order valence-electron chi connectivity index (χ1n) is 7.08. The van der Waals surface area contributed by atoms with Crippen LogP contribution in [0.15, 0.2) is 24.3 Å². The van der Waals surface area contributed by atoms with Crippen molar-refractivity contribution in [2.24, 2.45) is 0 Å². The Morgan fingerprint density at radius 3 is 2.47 bits per heavy atom. The molecule has 0 bridgehead atoms. The lowest BCUT2D eigenvalue weighted by atomic mass is 9.98. The number of hydrogen-bond acceptors (Lipinski definition) is 1. The van der Waals surface area contributed by atoms with E-state index in [1.54, 1.807) is 5.56 Å². The van der Waals surface area contributed by atoms with Gasteiger partial charge in [-0.15, -0.1) is 0 Å². The van der Waals surface area contributed by atoms with Gasteiger partial charge in [-0.25, -0.2) is 0 Å². The summed E-state index contributed by atoms with van der Waals surface area (Å²) >= 11 is 0. The van der Waals surface area contributed by atoms with Crippen molar-refractivity contribution in [3.05, 3.63) is 35.4 Å². The van der Waals surface area contributed by atoms with Gasteiger partial charge in [0.25, 0.3) is 0 Å². The first-order chi connectivity index (χ1) is 8.40. The van der Waals surface area contributed by atoms with Crippen molar-refractivity contribution >= 4 is 0 Å². The summed E-state index contributed by atoms with van der Waals surface area (Å²) in [6.07, 6.45) is 9.69. The van der Waals surface area contributed by atoms with Crippen LogP contribution in [0.3, 0.4) is 0 Å². The molecule has 1 fully saturated rings. The number of aryl methyl sites for hydroxylation is 1. The normalized spacial score (nSPS) is 18.3. The van der Waals surface area contributed by atoms with Gasteiger partial charge in [-0.1, -0.05) is 56.9 Å². The average molecular weight is 232 g/mol. The van der Waals surface area contributed by atoms with Gasteiger partial charge in [0, 0.05) is 6.42 Å². The SMILES string of the molecule is CCCCCCCc1ccccc1CC1CO1. The molecular weight excluding hydrogens is 208 g/mol. The second kappa shape index (κ2) is 6.80. The summed E-state index contributed by atoms with van der Waals surface area (Å²) in [5.74, 6) is 0. The van der Waals surface area contributed by atoms with Crippen LogP contribution in [-0.2, 0) is 17.6 Å². The van der Waals surface area contributed by atoms with E-state index in [1.807, 2.05) is 0 Å². The third kappa shape index (κ3) is 4.51. The Morgan fingerprint density at radius 1 is 1.06 bits per heavy atom. The highest BCUT2D eigenvalue weighted by molar-refractivity contribution is 5.28. The molecule has 0 radical (unpaired) electrons. The molecule has 94 valence electrons. The predicted molar refractivity (Wildman–Crippen MR) is 72.3 cm³/mol. The highest BCUT2D eigenvalue weighted by Gasteiger charge is 2.23. The van der Waals surface area contributed by atoms with E-state index in [1.165, 1.54) is 44.1 Å². The van der Waals surface area contributed by atoms with Gasteiger partial charge in [0.2, 0.25) is 0 Å². The van der Waals surface area contributed by atoms with E-state index < -0.39 is 0 Å². The highest BCUT2D eigenvalue weighted by atomic mass is 16.6. The predicted octanol–water partition coefficient (Wildman–Crippen LogP) is 4.14. The molecule has 0 aliphatic carbocycles. The van der Waals surface area contributed by atoms with E-state index in [0.29, 0.717) is 6.10 Å². The minimum Gasteiger partial charge on any atom is -0.373 e. The van der Waals surface area contributed by atoms with Crippen LogP contribution in [0, 0.1) is 0 Å². The van der Waals surface area contributed by atoms with Crippen LogP contribution in [0.1, 0.15) is 50.2 Å². The molecule has 1 nitrogen and oxygen atoms in total. The molecule has 0 N–H and O–H groups in total. The third-order valence-electron chi connectivity index (χ3n) is 3.52. The lowest BCUT2D eigenvalue weighted by Gasteiger charge is -2.08. The smallest absolute Gasteiger partial charge is 0.0850 e. The van der Waals surface area contributed by atoms with Gasteiger partial charge in [0.05, 0.1) is 12.7 Å². The fraction of sp³-hybridized carbons (Fsp3) is 0.625. The Balaban J connectivity index is 1.77. The zero-order valence-electron chi connectivity index (χ0n) is 11.0. The highest BCUT2D eigenvalue weighted by Crippen LogP contribution is 2.20. The number of hydrogen-bond donors (Lipinski definition) is 0. The minimum atomic E-state index is 0.510. The van der Waals surface area contributed by atoms with E-state index >= 15 is 0 Å². The molecule has 1 aliphatic rings. The zero-order valence-corrected chi connectivity index (χ0v) is 11.0. The van der Waals surface area contributed by atoms with Crippen molar-refractivity contribution in [1.29, 1.82) is 0 Å². The quantitative estimate of drug-likeness (QED) is 0.485. The molecule has 2 rings (SSSR count). The number of ether oxygens (including phenoxy) is 1. The van der Waals surface area contributed by atoms with Crippen molar-refractivity contribution in [2.45, 2.75) is 58.0 Å². The summed E-state index contributed by atoms with van der Waals surface area (Å²) in [4.78, 5) is 0. The summed E-state index contributed by atoms with van der Waals surface area (Å²) in [5, 5.41) is 0. The lowest BCUT2D eigenvalue weighted by molar-refractivity contribution is 0.407. The average Bonchev–Trinajstić information content (AvgIpc) is 3.15. The fourth-order valence-corrected chi connectivity index (χ4v) is 2.35. The molecule has 1 heteroatoms. The number of benzene rings is 1. The molecule has 1 aliphatic heterocycles. The van der Waals surface area contributed by atoms with Crippen LogP contribution in [0.4, 0.5) is 0 Å². The molecule has 1 aromatic rings. The van der Waals surface area contributed by atoms with Crippen LogP contribution in [-0.4, -0.2) is 12.7 Å². The van der Waals surface area contributed by atoms with E-state index in [2.05, 4.69) is 31.2 Å². The van der Waals surface area contributed by atoms with Gasteiger partial charge < -0.3 is 4.74 Å².